The smallest absolute Gasteiger partial charge is 0.263 e. The molecule has 0 aliphatic rings. The molecule has 0 saturated heterocycles. The van der Waals surface area contributed by atoms with Crippen LogP contribution in [0.4, 0.5) is 8.78 Å². The van der Waals surface area contributed by atoms with Gasteiger partial charge in [-0.1, -0.05) is 22.6 Å². The van der Waals surface area contributed by atoms with Crippen LogP contribution < -0.4 is 0 Å². The summed E-state index contributed by atoms with van der Waals surface area (Å²) < 4.78 is 40.6. The van der Waals surface area contributed by atoms with E-state index in [2.05, 4.69) is 4.40 Å². The number of halogens is 2. The third-order valence-electron chi connectivity index (χ3n) is 2.30. The van der Waals surface area contributed by atoms with Gasteiger partial charge in [0.2, 0.25) is 0 Å². The Morgan fingerprint density at radius 2 is 1.94 bits per heavy atom. The van der Waals surface area contributed by atoms with Crippen molar-refractivity contribution in [3.63, 3.8) is 0 Å². The molecule has 100 valence electrons. The van der Waals surface area contributed by atoms with Crippen LogP contribution in [0.2, 0.25) is 0 Å². The van der Waals surface area contributed by atoms with Crippen molar-refractivity contribution in [2.75, 3.05) is 0 Å². The molecular formula is C13H17F2NOS. The molecule has 5 heteroatoms. The summed E-state index contributed by atoms with van der Waals surface area (Å²) in [5, 5.41) is 0. The van der Waals surface area contributed by atoms with Crippen molar-refractivity contribution in [3.8, 4) is 0 Å². The van der Waals surface area contributed by atoms with Gasteiger partial charge in [-0.3, -0.25) is 0 Å². The van der Waals surface area contributed by atoms with Crippen molar-refractivity contribution >= 4 is 17.1 Å². The maximum Gasteiger partial charge on any atom is 0.263 e. The number of hydrogen-bond donors (Lipinski definition) is 0. The Labute approximate surface area is 109 Å². The predicted octanol–water partition coefficient (Wildman–Crippen LogP) is 3.90. The molecule has 0 aliphatic heterocycles. The Morgan fingerprint density at radius 3 is 2.44 bits per heavy atom. The molecule has 1 rings (SSSR count). The number of rotatable bonds is 3. The van der Waals surface area contributed by atoms with Gasteiger partial charge in [-0.05, 0) is 33.8 Å². The van der Waals surface area contributed by atoms with Gasteiger partial charge >= 0.3 is 0 Å². The van der Waals surface area contributed by atoms with Gasteiger partial charge in [0.05, 0.1) is 5.71 Å². The summed E-state index contributed by atoms with van der Waals surface area (Å²) in [5.74, 6) is 0. The fourth-order valence-corrected chi connectivity index (χ4v) is 1.84. The average molecular weight is 273 g/mol. The van der Waals surface area contributed by atoms with Crippen LogP contribution in [0.1, 0.15) is 45.2 Å². The van der Waals surface area contributed by atoms with Crippen LogP contribution in [0.25, 0.3) is 0 Å². The first kappa shape index (κ1) is 15.1. The van der Waals surface area contributed by atoms with Crippen molar-refractivity contribution in [1.82, 2.24) is 0 Å². The third-order valence-corrected chi connectivity index (χ3v) is 3.79. The van der Waals surface area contributed by atoms with Gasteiger partial charge in [-0.2, -0.15) is 0 Å². The fourth-order valence-electron chi connectivity index (χ4n) is 1.21. The van der Waals surface area contributed by atoms with E-state index in [4.69, 9.17) is 0 Å². The van der Waals surface area contributed by atoms with Gasteiger partial charge in [0.25, 0.3) is 6.43 Å². The molecule has 2 nitrogen and oxygen atoms in total. The number of nitrogens with zero attached hydrogens (tertiary/aromatic N) is 1. The zero-order valence-corrected chi connectivity index (χ0v) is 11.7. The van der Waals surface area contributed by atoms with Crippen LogP contribution >= 0.6 is 0 Å². The highest BCUT2D eigenvalue weighted by molar-refractivity contribution is 7.91. The standard InChI is InChI=1S/C13H17F2NOS/c1-9(16-18(17)13(2,3)4)10-6-5-7-11(8-10)12(14)15/h5-8,12H,1-4H3. The quantitative estimate of drug-likeness (QED) is 0.607. The molecule has 0 aromatic heterocycles. The molecule has 0 heterocycles. The second-order valence-electron chi connectivity index (χ2n) is 4.96. The summed E-state index contributed by atoms with van der Waals surface area (Å²) in [5.41, 5.74) is 1.03. The second kappa shape index (κ2) is 5.80. The van der Waals surface area contributed by atoms with Gasteiger partial charge in [0.15, 0.2) is 0 Å². The maximum atomic E-state index is 12.6. The van der Waals surface area contributed by atoms with Crippen LogP contribution in [-0.2, 0) is 11.4 Å². The molecule has 0 N–H and O–H groups in total. The zero-order chi connectivity index (χ0) is 13.9. The van der Waals surface area contributed by atoms with Crippen molar-refractivity contribution in [2.45, 2.75) is 38.9 Å². The normalized spacial score (nSPS) is 15.0. The van der Waals surface area contributed by atoms with Crippen LogP contribution in [0, 0.1) is 0 Å². The van der Waals surface area contributed by atoms with Gasteiger partial charge in [-0.15, -0.1) is 0 Å². The summed E-state index contributed by atoms with van der Waals surface area (Å²) in [7, 11) is 0. The summed E-state index contributed by atoms with van der Waals surface area (Å²) in [4.78, 5) is 0. The molecular weight excluding hydrogens is 256 g/mol. The van der Waals surface area contributed by atoms with E-state index in [0.29, 0.717) is 11.3 Å². The number of hydrogen-bond acceptors (Lipinski definition) is 2. The molecule has 0 saturated carbocycles. The molecule has 0 radical (unpaired) electrons. The van der Waals surface area contributed by atoms with E-state index in [1.807, 2.05) is 20.8 Å². The van der Waals surface area contributed by atoms with E-state index >= 15 is 0 Å². The average Bonchev–Trinajstić information content (AvgIpc) is 2.27. The Hall–Kier alpha value is -0.940. The molecule has 1 unspecified atom stereocenters. The monoisotopic (exact) mass is 273 g/mol. The fraction of sp³-hybridized carbons (Fsp3) is 0.462. The number of alkyl halides is 2. The Kier molecular flexibility index (Phi) is 4.87. The molecule has 1 aromatic carbocycles. The molecule has 0 bridgehead atoms. The largest absolute Gasteiger partial charge is 0.591 e. The third kappa shape index (κ3) is 4.07. The van der Waals surface area contributed by atoms with Crippen molar-refractivity contribution < 1.29 is 13.3 Å². The minimum atomic E-state index is -2.51. The van der Waals surface area contributed by atoms with E-state index in [-0.39, 0.29) is 5.56 Å². The Morgan fingerprint density at radius 1 is 1.33 bits per heavy atom. The summed E-state index contributed by atoms with van der Waals surface area (Å²) >= 11 is -1.38. The summed E-state index contributed by atoms with van der Waals surface area (Å²) in [6.07, 6.45) is -2.51. The Balaban J connectivity index is 3.00. The van der Waals surface area contributed by atoms with Crippen LogP contribution in [0.15, 0.2) is 28.7 Å². The predicted molar refractivity (Wildman–Crippen MR) is 71.5 cm³/mol. The molecule has 0 fully saturated rings. The Bertz CT molecular complexity index is 441. The lowest BCUT2D eigenvalue weighted by Crippen LogP contribution is -2.26. The van der Waals surface area contributed by atoms with E-state index < -0.39 is 22.5 Å². The second-order valence-corrected chi connectivity index (χ2v) is 6.87. The van der Waals surface area contributed by atoms with E-state index in [1.165, 1.54) is 12.1 Å². The first-order valence-electron chi connectivity index (χ1n) is 5.57. The zero-order valence-electron chi connectivity index (χ0n) is 10.9. The highest BCUT2D eigenvalue weighted by atomic mass is 32.2. The minimum absolute atomic E-state index is 0.0522. The van der Waals surface area contributed by atoms with Crippen LogP contribution in [0.5, 0.6) is 0 Å². The molecule has 0 amide bonds. The van der Waals surface area contributed by atoms with E-state index in [0.717, 1.165) is 0 Å². The molecule has 1 atom stereocenters. The van der Waals surface area contributed by atoms with Gasteiger partial charge in [0, 0.05) is 11.1 Å². The molecule has 18 heavy (non-hydrogen) atoms. The van der Waals surface area contributed by atoms with E-state index in [1.54, 1.807) is 19.1 Å². The first-order chi connectivity index (χ1) is 8.21. The van der Waals surface area contributed by atoms with Crippen LogP contribution in [0.3, 0.4) is 0 Å². The maximum absolute atomic E-state index is 12.6. The lowest BCUT2D eigenvalue weighted by molar-refractivity contribution is 0.151. The first-order valence-corrected chi connectivity index (χ1v) is 6.68. The summed E-state index contributed by atoms with van der Waals surface area (Å²) in [6, 6.07) is 5.98. The summed E-state index contributed by atoms with van der Waals surface area (Å²) in [6.45, 7) is 7.12. The van der Waals surface area contributed by atoms with Crippen molar-refractivity contribution in [3.05, 3.63) is 35.4 Å². The topological polar surface area (TPSA) is 35.4 Å². The highest BCUT2D eigenvalue weighted by Crippen LogP contribution is 2.21. The molecule has 1 aromatic rings. The molecule has 0 spiro atoms. The minimum Gasteiger partial charge on any atom is -0.591 e. The van der Waals surface area contributed by atoms with E-state index in [9.17, 15) is 13.3 Å². The SMILES string of the molecule is CC(=N[S+]([O-])C(C)(C)C)c1cccc(C(F)F)c1. The van der Waals surface area contributed by atoms with Gasteiger partial charge < -0.3 is 4.55 Å². The van der Waals surface area contributed by atoms with Crippen LogP contribution in [-0.4, -0.2) is 15.0 Å². The number of benzene rings is 1. The van der Waals surface area contributed by atoms with Gasteiger partial charge in [0.1, 0.15) is 16.1 Å². The lowest BCUT2D eigenvalue weighted by Gasteiger charge is -2.18. The highest BCUT2D eigenvalue weighted by Gasteiger charge is 2.26. The lowest BCUT2D eigenvalue weighted by atomic mass is 10.1. The van der Waals surface area contributed by atoms with Gasteiger partial charge in [-0.25, -0.2) is 8.78 Å². The molecule has 0 aliphatic carbocycles. The van der Waals surface area contributed by atoms with Crippen molar-refractivity contribution in [2.24, 2.45) is 4.40 Å². The van der Waals surface area contributed by atoms with Crippen molar-refractivity contribution in [1.29, 1.82) is 0 Å².